The van der Waals surface area contributed by atoms with Gasteiger partial charge in [0.1, 0.15) is 17.5 Å². The van der Waals surface area contributed by atoms with Gasteiger partial charge < -0.3 is 19.7 Å². The molecule has 3 rings (SSSR count). The zero-order valence-electron chi connectivity index (χ0n) is 17.8. The molecule has 1 aliphatic heterocycles. The molecule has 1 atom stereocenters. The van der Waals surface area contributed by atoms with Gasteiger partial charge in [-0.3, -0.25) is 14.5 Å². The fourth-order valence-electron chi connectivity index (χ4n) is 4.46. The van der Waals surface area contributed by atoms with Crippen molar-refractivity contribution in [1.29, 1.82) is 0 Å². The predicted molar refractivity (Wildman–Crippen MR) is 111 cm³/mol. The second kappa shape index (κ2) is 9.96. The van der Waals surface area contributed by atoms with E-state index >= 15 is 0 Å². The first-order chi connectivity index (χ1) is 14.0. The van der Waals surface area contributed by atoms with Crippen molar-refractivity contribution in [3.05, 3.63) is 23.8 Å². The average Bonchev–Trinajstić information content (AvgIpc) is 3.26. The van der Waals surface area contributed by atoms with Gasteiger partial charge in [0, 0.05) is 45.2 Å². The van der Waals surface area contributed by atoms with Crippen molar-refractivity contribution >= 4 is 11.8 Å². The summed E-state index contributed by atoms with van der Waals surface area (Å²) < 4.78 is 10.8. The summed E-state index contributed by atoms with van der Waals surface area (Å²) in [5.74, 6) is 1.87. The lowest BCUT2D eigenvalue weighted by molar-refractivity contribution is -0.139. The summed E-state index contributed by atoms with van der Waals surface area (Å²) in [6.07, 6.45) is 4.33. The molecule has 1 aromatic carbocycles. The minimum Gasteiger partial charge on any atom is -0.497 e. The number of rotatable bonds is 7. The van der Waals surface area contributed by atoms with E-state index in [9.17, 15) is 9.59 Å². The van der Waals surface area contributed by atoms with Gasteiger partial charge in [-0.05, 0) is 37.0 Å². The highest BCUT2D eigenvalue weighted by atomic mass is 16.5. The van der Waals surface area contributed by atoms with E-state index in [0.717, 1.165) is 62.4 Å². The second-order valence-corrected chi connectivity index (χ2v) is 8.00. The van der Waals surface area contributed by atoms with E-state index in [1.165, 1.54) is 6.92 Å². The van der Waals surface area contributed by atoms with Crippen LogP contribution in [0.4, 0.5) is 0 Å². The molecule has 7 nitrogen and oxygen atoms in total. The molecule has 2 amide bonds. The Bertz CT molecular complexity index is 710. The molecule has 0 spiro atoms. The lowest BCUT2D eigenvalue weighted by atomic mass is 9.96. The normalized spacial score (nSPS) is 19.1. The number of ether oxygens (including phenoxy) is 2. The van der Waals surface area contributed by atoms with E-state index in [2.05, 4.69) is 10.2 Å². The molecule has 29 heavy (non-hydrogen) atoms. The van der Waals surface area contributed by atoms with Crippen molar-refractivity contribution in [2.75, 3.05) is 40.4 Å². The predicted octanol–water partition coefficient (Wildman–Crippen LogP) is 2.04. The summed E-state index contributed by atoms with van der Waals surface area (Å²) in [6, 6.07) is 5.45. The first kappa shape index (κ1) is 21.4. The Kier molecular flexibility index (Phi) is 7.36. The van der Waals surface area contributed by atoms with Crippen LogP contribution in [0.15, 0.2) is 18.2 Å². The molecule has 0 aromatic heterocycles. The van der Waals surface area contributed by atoms with Crippen LogP contribution in [-0.2, 0) is 16.1 Å². The van der Waals surface area contributed by atoms with Crippen LogP contribution in [0, 0.1) is 5.92 Å². The van der Waals surface area contributed by atoms with Gasteiger partial charge >= 0.3 is 0 Å². The Morgan fingerprint density at radius 1 is 1.10 bits per heavy atom. The summed E-state index contributed by atoms with van der Waals surface area (Å²) in [5.41, 5.74) is 1.08. The van der Waals surface area contributed by atoms with E-state index in [0.29, 0.717) is 13.1 Å². The minimum atomic E-state index is -0.375. The number of amides is 2. The van der Waals surface area contributed by atoms with E-state index in [1.54, 1.807) is 14.2 Å². The Balaban J connectivity index is 1.59. The summed E-state index contributed by atoms with van der Waals surface area (Å²) in [4.78, 5) is 29.0. The number of methoxy groups -OCH3 is 2. The Hall–Kier alpha value is -2.28. The molecule has 1 aliphatic carbocycles. The van der Waals surface area contributed by atoms with Crippen molar-refractivity contribution < 1.29 is 19.1 Å². The van der Waals surface area contributed by atoms with Crippen LogP contribution in [-0.4, -0.2) is 68.1 Å². The van der Waals surface area contributed by atoms with E-state index in [1.807, 2.05) is 23.1 Å². The smallest absolute Gasteiger partial charge is 0.245 e. The van der Waals surface area contributed by atoms with E-state index in [-0.39, 0.29) is 23.8 Å². The monoisotopic (exact) mass is 403 g/mol. The maximum Gasteiger partial charge on any atom is 0.245 e. The molecular formula is C22H33N3O4. The van der Waals surface area contributed by atoms with Gasteiger partial charge in [0.25, 0.3) is 0 Å². The number of hydrogen-bond donors (Lipinski definition) is 1. The Morgan fingerprint density at radius 2 is 1.79 bits per heavy atom. The molecule has 0 radical (unpaired) electrons. The number of benzene rings is 1. The average molecular weight is 404 g/mol. The minimum absolute atomic E-state index is 0.0747. The highest BCUT2D eigenvalue weighted by molar-refractivity contribution is 5.87. The first-order valence-electron chi connectivity index (χ1n) is 10.5. The number of carbonyl (C=O) groups is 2. The molecule has 160 valence electrons. The van der Waals surface area contributed by atoms with Gasteiger partial charge in [-0.2, -0.15) is 0 Å². The Morgan fingerprint density at radius 3 is 2.38 bits per heavy atom. The van der Waals surface area contributed by atoms with Crippen LogP contribution < -0.4 is 14.8 Å². The third-order valence-corrected chi connectivity index (χ3v) is 6.06. The van der Waals surface area contributed by atoms with Gasteiger partial charge in [-0.1, -0.05) is 12.8 Å². The fourth-order valence-corrected chi connectivity index (χ4v) is 4.46. The van der Waals surface area contributed by atoms with Crippen LogP contribution in [0.1, 0.15) is 38.2 Å². The molecule has 2 aliphatic rings. The molecule has 2 fully saturated rings. The van der Waals surface area contributed by atoms with Crippen molar-refractivity contribution in [2.45, 2.75) is 45.2 Å². The van der Waals surface area contributed by atoms with Crippen molar-refractivity contribution in [3.63, 3.8) is 0 Å². The molecule has 1 aromatic rings. The molecule has 7 heteroatoms. The van der Waals surface area contributed by atoms with Crippen molar-refractivity contribution in [2.24, 2.45) is 5.92 Å². The maximum absolute atomic E-state index is 13.1. The molecule has 1 unspecified atom stereocenters. The third-order valence-electron chi connectivity index (χ3n) is 6.06. The molecule has 1 N–H and O–H groups in total. The van der Waals surface area contributed by atoms with E-state index < -0.39 is 0 Å². The lowest BCUT2D eigenvalue weighted by Crippen LogP contribution is -2.56. The van der Waals surface area contributed by atoms with Gasteiger partial charge in [0.05, 0.1) is 14.2 Å². The zero-order chi connectivity index (χ0) is 20.8. The Labute approximate surface area is 173 Å². The van der Waals surface area contributed by atoms with Gasteiger partial charge in [0.15, 0.2) is 0 Å². The summed E-state index contributed by atoms with van der Waals surface area (Å²) in [6.45, 7) is 5.18. The number of hydrogen-bond acceptors (Lipinski definition) is 5. The van der Waals surface area contributed by atoms with Crippen LogP contribution in [0.3, 0.4) is 0 Å². The molecule has 0 bridgehead atoms. The SMILES string of the molecule is COc1ccc(OC)c(CN2CCN(C(=O)C(NC(C)=O)C3CCCC3)CC2)c1. The van der Waals surface area contributed by atoms with Gasteiger partial charge in [-0.25, -0.2) is 0 Å². The second-order valence-electron chi connectivity index (χ2n) is 8.00. The number of carbonyl (C=O) groups excluding carboxylic acids is 2. The molecular weight excluding hydrogens is 370 g/mol. The van der Waals surface area contributed by atoms with Gasteiger partial charge in [0.2, 0.25) is 11.8 Å². The van der Waals surface area contributed by atoms with Gasteiger partial charge in [-0.15, -0.1) is 0 Å². The quantitative estimate of drug-likeness (QED) is 0.754. The highest BCUT2D eigenvalue weighted by Gasteiger charge is 2.35. The number of nitrogens with one attached hydrogen (secondary N) is 1. The van der Waals surface area contributed by atoms with Crippen LogP contribution in [0.5, 0.6) is 11.5 Å². The highest BCUT2D eigenvalue weighted by Crippen LogP contribution is 2.29. The summed E-state index contributed by atoms with van der Waals surface area (Å²) in [7, 11) is 3.33. The zero-order valence-corrected chi connectivity index (χ0v) is 17.8. The van der Waals surface area contributed by atoms with Crippen LogP contribution in [0.2, 0.25) is 0 Å². The number of piperazine rings is 1. The standard InChI is InChI=1S/C22H33N3O4/c1-16(26)23-21(17-6-4-5-7-17)22(27)25-12-10-24(11-13-25)15-18-14-19(28-2)8-9-20(18)29-3/h8-9,14,17,21H,4-7,10-13,15H2,1-3H3,(H,23,26). The topological polar surface area (TPSA) is 71.1 Å². The molecule has 1 saturated heterocycles. The largest absolute Gasteiger partial charge is 0.497 e. The number of nitrogens with zero attached hydrogens (tertiary/aromatic N) is 2. The van der Waals surface area contributed by atoms with E-state index in [4.69, 9.17) is 9.47 Å². The summed E-state index contributed by atoms with van der Waals surface area (Å²) >= 11 is 0. The first-order valence-corrected chi connectivity index (χ1v) is 10.5. The van der Waals surface area contributed by atoms with Crippen molar-refractivity contribution in [1.82, 2.24) is 15.1 Å². The van der Waals surface area contributed by atoms with Crippen LogP contribution in [0.25, 0.3) is 0 Å². The molecule has 1 saturated carbocycles. The molecule has 1 heterocycles. The lowest BCUT2D eigenvalue weighted by Gasteiger charge is -2.37. The fraction of sp³-hybridized carbons (Fsp3) is 0.636. The van der Waals surface area contributed by atoms with Crippen LogP contribution >= 0.6 is 0 Å². The third kappa shape index (κ3) is 5.41. The summed E-state index contributed by atoms with van der Waals surface area (Å²) in [5, 5.41) is 2.92. The van der Waals surface area contributed by atoms with Crippen molar-refractivity contribution in [3.8, 4) is 11.5 Å². The maximum atomic E-state index is 13.1.